The number of hydrogen-bond acceptors (Lipinski definition) is 1. The van der Waals surface area contributed by atoms with E-state index in [9.17, 15) is 0 Å². The van der Waals surface area contributed by atoms with E-state index in [0.29, 0.717) is 16.7 Å². The van der Waals surface area contributed by atoms with E-state index in [4.69, 9.17) is 4.74 Å². The number of ether oxygens (including phenoxy) is 1. The second-order valence-electron chi connectivity index (χ2n) is 9.53. The molecule has 24 heavy (non-hydrogen) atoms. The van der Waals surface area contributed by atoms with Crippen LogP contribution in [0, 0.1) is 22.7 Å². The maximum Gasteiger partial charge on any atom is 0.0833 e. The summed E-state index contributed by atoms with van der Waals surface area (Å²) >= 11 is 0. The molecule has 0 aromatic heterocycles. The summed E-state index contributed by atoms with van der Waals surface area (Å²) < 4.78 is 6.73. The van der Waals surface area contributed by atoms with Crippen molar-refractivity contribution in [2.45, 2.75) is 84.8 Å². The molecule has 0 aromatic rings. The zero-order valence-electron chi connectivity index (χ0n) is 16.4. The Morgan fingerprint density at radius 1 is 1.08 bits per heavy atom. The van der Waals surface area contributed by atoms with E-state index in [-0.39, 0.29) is 11.7 Å². The molecule has 1 unspecified atom stereocenters. The minimum atomic E-state index is 0.0552. The van der Waals surface area contributed by atoms with E-state index >= 15 is 0 Å². The van der Waals surface area contributed by atoms with Gasteiger partial charge in [-0.05, 0) is 74.2 Å². The summed E-state index contributed by atoms with van der Waals surface area (Å²) in [6.45, 7) is 15.9. The van der Waals surface area contributed by atoms with Crippen molar-refractivity contribution in [2.24, 2.45) is 22.7 Å². The first kappa shape index (κ1) is 18.0. The fourth-order valence-corrected chi connectivity index (χ4v) is 6.63. The molecule has 1 aliphatic heterocycles. The molecule has 0 bridgehead atoms. The molecule has 1 saturated heterocycles. The molecular weight excluding hydrogens is 292 g/mol. The normalized spacial score (nSPS) is 45.0. The molecule has 3 rings (SSSR count). The highest BCUT2D eigenvalue weighted by molar-refractivity contribution is 5.28. The molecule has 3 fully saturated rings. The smallest absolute Gasteiger partial charge is 0.0833 e. The van der Waals surface area contributed by atoms with Crippen molar-refractivity contribution in [3.63, 3.8) is 0 Å². The van der Waals surface area contributed by atoms with Gasteiger partial charge in [0.2, 0.25) is 0 Å². The van der Waals surface area contributed by atoms with Gasteiger partial charge in [-0.2, -0.15) is 0 Å². The van der Waals surface area contributed by atoms with Crippen LogP contribution in [0.1, 0.15) is 73.1 Å². The van der Waals surface area contributed by atoms with Crippen LogP contribution in [0.25, 0.3) is 0 Å². The minimum absolute atomic E-state index is 0.0552. The largest absolute Gasteiger partial charge is 0.367 e. The van der Waals surface area contributed by atoms with E-state index < -0.39 is 0 Å². The van der Waals surface area contributed by atoms with Crippen LogP contribution < -0.4 is 0 Å². The molecule has 1 heterocycles. The monoisotopic (exact) mass is 328 g/mol. The van der Waals surface area contributed by atoms with Crippen molar-refractivity contribution in [2.75, 3.05) is 0 Å². The van der Waals surface area contributed by atoms with Gasteiger partial charge in [0.05, 0.1) is 11.7 Å². The van der Waals surface area contributed by atoms with Crippen molar-refractivity contribution in [1.29, 1.82) is 0 Å². The molecular formula is C23H36O. The number of hydrogen-bond donors (Lipinski definition) is 0. The molecule has 134 valence electrons. The first-order valence-electron chi connectivity index (χ1n) is 9.90. The number of allylic oxidation sites excluding steroid dienone is 3. The van der Waals surface area contributed by atoms with E-state index in [0.717, 1.165) is 5.92 Å². The molecule has 5 atom stereocenters. The van der Waals surface area contributed by atoms with Gasteiger partial charge >= 0.3 is 0 Å². The summed E-state index contributed by atoms with van der Waals surface area (Å²) in [6.07, 6.45) is 16.4. The third kappa shape index (κ3) is 2.73. The Hall–Kier alpha value is -0.820. The summed E-state index contributed by atoms with van der Waals surface area (Å²) in [7, 11) is 0. The molecule has 1 heteroatoms. The standard InChI is InChI=1S/C23H36O/c1-7-9-11-17(8-2)18-16-20-22(5)14-10-13-21(3,4)19(22)12-15-23(20,6)24-18/h7-9,11,18-20H,1,10,12-16H2,2-6H3/b11-9-,17-8+/t18-,19?,20-,22+,23-/m1/s1. The molecule has 0 amide bonds. The second-order valence-corrected chi connectivity index (χ2v) is 9.53. The van der Waals surface area contributed by atoms with Gasteiger partial charge in [-0.25, -0.2) is 0 Å². The van der Waals surface area contributed by atoms with Gasteiger partial charge in [-0.1, -0.05) is 58.1 Å². The van der Waals surface area contributed by atoms with Gasteiger partial charge < -0.3 is 4.74 Å². The molecule has 2 saturated carbocycles. The Balaban J connectivity index is 1.90. The summed E-state index contributed by atoms with van der Waals surface area (Å²) in [5.74, 6) is 1.53. The van der Waals surface area contributed by atoms with Gasteiger partial charge in [0.25, 0.3) is 0 Å². The Labute approximate surface area is 149 Å². The minimum Gasteiger partial charge on any atom is -0.367 e. The maximum atomic E-state index is 6.73. The van der Waals surface area contributed by atoms with E-state index in [2.05, 4.69) is 53.3 Å². The Morgan fingerprint density at radius 3 is 2.50 bits per heavy atom. The lowest BCUT2D eigenvalue weighted by Gasteiger charge is -2.60. The summed E-state index contributed by atoms with van der Waals surface area (Å²) in [5.41, 5.74) is 2.30. The van der Waals surface area contributed by atoms with Crippen LogP contribution in [-0.2, 0) is 4.74 Å². The molecule has 3 aliphatic rings. The van der Waals surface area contributed by atoms with Crippen LogP contribution in [0.15, 0.2) is 36.5 Å². The fraction of sp³-hybridized carbons (Fsp3) is 0.739. The molecule has 2 aliphatic carbocycles. The van der Waals surface area contributed by atoms with Crippen LogP contribution >= 0.6 is 0 Å². The highest BCUT2D eigenvalue weighted by Crippen LogP contribution is 2.65. The third-order valence-corrected chi connectivity index (χ3v) is 7.73. The van der Waals surface area contributed by atoms with Crippen LogP contribution in [0.3, 0.4) is 0 Å². The number of rotatable bonds is 3. The predicted molar refractivity (Wildman–Crippen MR) is 103 cm³/mol. The Morgan fingerprint density at radius 2 is 1.83 bits per heavy atom. The average Bonchev–Trinajstić information content (AvgIpc) is 2.86. The Bertz CT molecular complexity index is 554. The molecule has 0 aromatic carbocycles. The van der Waals surface area contributed by atoms with E-state index in [1.807, 2.05) is 12.2 Å². The Kier molecular flexibility index (Phi) is 4.62. The van der Waals surface area contributed by atoms with Crippen molar-refractivity contribution in [3.8, 4) is 0 Å². The summed E-state index contributed by atoms with van der Waals surface area (Å²) in [6, 6.07) is 0. The summed E-state index contributed by atoms with van der Waals surface area (Å²) in [4.78, 5) is 0. The molecule has 0 radical (unpaired) electrons. The topological polar surface area (TPSA) is 9.23 Å². The van der Waals surface area contributed by atoms with Crippen molar-refractivity contribution in [1.82, 2.24) is 0 Å². The number of fused-ring (bicyclic) bond motifs is 3. The van der Waals surface area contributed by atoms with Crippen molar-refractivity contribution in [3.05, 3.63) is 36.5 Å². The van der Waals surface area contributed by atoms with Crippen LogP contribution in [-0.4, -0.2) is 11.7 Å². The van der Waals surface area contributed by atoms with Gasteiger partial charge in [0.15, 0.2) is 0 Å². The zero-order chi connectivity index (χ0) is 17.6. The highest BCUT2D eigenvalue weighted by Gasteiger charge is 2.62. The lowest BCUT2D eigenvalue weighted by Crippen LogP contribution is -2.55. The lowest BCUT2D eigenvalue weighted by molar-refractivity contribution is -0.152. The maximum absolute atomic E-state index is 6.73. The van der Waals surface area contributed by atoms with Crippen LogP contribution in [0.2, 0.25) is 0 Å². The van der Waals surface area contributed by atoms with Crippen molar-refractivity contribution < 1.29 is 4.74 Å². The van der Waals surface area contributed by atoms with Gasteiger partial charge in [0, 0.05) is 0 Å². The van der Waals surface area contributed by atoms with Gasteiger partial charge in [0.1, 0.15) is 0 Å². The van der Waals surface area contributed by atoms with Gasteiger partial charge in [-0.15, -0.1) is 0 Å². The van der Waals surface area contributed by atoms with Gasteiger partial charge in [-0.3, -0.25) is 0 Å². The first-order chi connectivity index (χ1) is 11.3. The average molecular weight is 329 g/mol. The highest BCUT2D eigenvalue weighted by atomic mass is 16.5. The quantitative estimate of drug-likeness (QED) is 0.540. The predicted octanol–water partition coefficient (Wildman–Crippen LogP) is 6.47. The summed E-state index contributed by atoms with van der Waals surface area (Å²) in [5, 5.41) is 0. The van der Waals surface area contributed by atoms with Crippen LogP contribution in [0.5, 0.6) is 0 Å². The SMILES string of the molecule is C=C/C=C\C(=C/C)[C@H]1C[C@H]2[C@@](C)(CCC3C(C)(C)CCC[C@@]32C)O1. The fourth-order valence-electron chi connectivity index (χ4n) is 6.63. The second kappa shape index (κ2) is 6.16. The zero-order valence-corrected chi connectivity index (χ0v) is 16.4. The first-order valence-corrected chi connectivity index (χ1v) is 9.90. The van der Waals surface area contributed by atoms with Crippen LogP contribution in [0.4, 0.5) is 0 Å². The molecule has 0 spiro atoms. The third-order valence-electron chi connectivity index (χ3n) is 7.73. The van der Waals surface area contributed by atoms with Crippen molar-refractivity contribution >= 4 is 0 Å². The molecule has 1 nitrogen and oxygen atoms in total. The van der Waals surface area contributed by atoms with E-state index in [1.54, 1.807) is 0 Å². The van der Waals surface area contributed by atoms with E-state index in [1.165, 1.54) is 44.1 Å². The lowest BCUT2D eigenvalue weighted by atomic mass is 9.45. The molecule has 0 N–H and O–H groups in total.